The van der Waals surface area contributed by atoms with Crippen LogP contribution in [0.5, 0.6) is 0 Å². The Labute approximate surface area is 93.3 Å². The molecule has 0 rings (SSSR count). The van der Waals surface area contributed by atoms with Crippen LogP contribution >= 0.6 is 0 Å². The van der Waals surface area contributed by atoms with Gasteiger partial charge in [0.05, 0.1) is 6.61 Å². The number of hydrogen-bond donors (Lipinski definition) is 1. The van der Waals surface area contributed by atoms with Gasteiger partial charge in [-0.3, -0.25) is 5.41 Å². The molecule has 0 atom stereocenters. The third kappa shape index (κ3) is 4.44. The van der Waals surface area contributed by atoms with Gasteiger partial charge in [0.15, 0.2) is 0 Å². The SMILES string of the molecule is CCO/C(C=C(C#N)C#N)=C/C(=C=N)C#N. The number of nitrogens with zero attached hydrogens (tertiary/aromatic N) is 3. The Hall–Kier alpha value is -2.80. The van der Waals surface area contributed by atoms with E-state index in [9.17, 15) is 0 Å². The van der Waals surface area contributed by atoms with Crippen LogP contribution in [-0.4, -0.2) is 12.5 Å². The van der Waals surface area contributed by atoms with Crippen LogP contribution in [0.4, 0.5) is 0 Å². The third-order valence-corrected chi connectivity index (χ3v) is 1.38. The first-order chi connectivity index (χ1) is 7.71. The Bertz CT molecular complexity index is 472. The van der Waals surface area contributed by atoms with Gasteiger partial charge in [0, 0.05) is 12.2 Å². The van der Waals surface area contributed by atoms with E-state index >= 15 is 0 Å². The molecule has 0 spiro atoms. The summed E-state index contributed by atoms with van der Waals surface area (Å²) in [6, 6.07) is 5.06. The number of nitriles is 3. The number of rotatable bonds is 4. The van der Waals surface area contributed by atoms with Crippen LogP contribution in [0.25, 0.3) is 0 Å². The van der Waals surface area contributed by atoms with Crippen molar-refractivity contribution in [3.63, 3.8) is 0 Å². The average molecular weight is 212 g/mol. The maximum Gasteiger partial charge on any atom is 0.133 e. The quantitative estimate of drug-likeness (QED) is 0.330. The molecular formula is C11H8N4O. The monoisotopic (exact) mass is 212 g/mol. The third-order valence-electron chi connectivity index (χ3n) is 1.38. The summed E-state index contributed by atoms with van der Waals surface area (Å²) in [6.45, 7) is 2.05. The van der Waals surface area contributed by atoms with E-state index in [1.807, 2.05) is 5.87 Å². The minimum absolute atomic E-state index is 0.0464. The van der Waals surface area contributed by atoms with Crippen molar-refractivity contribution in [2.75, 3.05) is 6.61 Å². The van der Waals surface area contributed by atoms with E-state index in [4.69, 9.17) is 25.9 Å². The molecule has 0 saturated heterocycles. The van der Waals surface area contributed by atoms with Crippen LogP contribution in [0.1, 0.15) is 6.92 Å². The molecule has 0 aliphatic heterocycles. The normalized spacial score (nSPS) is 8.75. The standard InChI is InChI=1S/C11H8N4O/c1-2-16-11(3-9(5-12)6-13)4-10(7-14)8-15/h3-4,12H,2H2,1H3/b11-3+. The van der Waals surface area contributed by atoms with Crippen LogP contribution in [-0.2, 0) is 4.74 Å². The first-order valence-corrected chi connectivity index (χ1v) is 4.28. The summed E-state index contributed by atoms with van der Waals surface area (Å²) in [5.74, 6) is 2.08. The number of nitrogens with one attached hydrogen (secondary N) is 1. The first-order valence-electron chi connectivity index (χ1n) is 4.28. The Morgan fingerprint density at radius 2 is 1.81 bits per heavy atom. The lowest BCUT2D eigenvalue weighted by atomic mass is 10.2. The predicted octanol–water partition coefficient (Wildman–Crippen LogP) is 1.58. The minimum atomic E-state index is -0.137. The molecule has 0 amide bonds. The molecule has 0 radical (unpaired) electrons. The van der Waals surface area contributed by atoms with Crippen LogP contribution < -0.4 is 0 Å². The summed E-state index contributed by atoms with van der Waals surface area (Å²) in [5, 5.41) is 32.5. The molecule has 5 heteroatoms. The lowest BCUT2D eigenvalue weighted by Gasteiger charge is -2.02. The average Bonchev–Trinajstić information content (AvgIpc) is 2.32. The molecule has 0 aromatic rings. The maximum absolute atomic E-state index is 8.57. The van der Waals surface area contributed by atoms with Crippen LogP contribution in [0.3, 0.4) is 0 Å². The van der Waals surface area contributed by atoms with E-state index in [2.05, 4.69) is 0 Å². The second-order valence-corrected chi connectivity index (χ2v) is 2.41. The Morgan fingerprint density at radius 3 is 2.19 bits per heavy atom. The van der Waals surface area contributed by atoms with Crippen molar-refractivity contribution >= 4 is 5.87 Å². The molecule has 16 heavy (non-hydrogen) atoms. The van der Waals surface area contributed by atoms with E-state index in [-0.39, 0.29) is 16.9 Å². The molecule has 0 fully saturated rings. The zero-order valence-electron chi connectivity index (χ0n) is 8.61. The van der Waals surface area contributed by atoms with Crippen LogP contribution in [0.15, 0.2) is 29.1 Å². The molecule has 0 heterocycles. The zero-order chi connectivity index (χ0) is 12.4. The van der Waals surface area contributed by atoms with Crippen molar-refractivity contribution in [3.05, 3.63) is 29.1 Å². The zero-order valence-corrected chi connectivity index (χ0v) is 8.61. The highest BCUT2D eigenvalue weighted by molar-refractivity contribution is 5.65. The first kappa shape index (κ1) is 13.2. The van der Waals surface area contributed by atoms with Crippen molar-refractivity contribution in [1.82, 2.24) is 0 Å². The van der Waals surface area contributed by atoms with Gasteiger partial charge >= 0.3 is 0 Å². The van der Waals surface area contributed by atoms with E-state index in [0.29, 0.717) is 6.61 Å². The Balaban J connectivity index is 5.30. The summed E-state index contributed by atoms with van der Waals surface area (Å²) >= 11 is 0. The van der Waals surface area contributed by atoms with Crippen molar-refractivity contribution in [2.45, 2.75) is 6.92 Å². The van der Waals surface area contributed by atoms with E-state index in [1.54, 1.807) is 25.1 Å². The number of allylic oxidation sites excluding steroid dienone is 4. The number of hydrogen-bond acceptors (Lipinski definition) is 5. The van der Waals surface area contributed by atoms with Gasteiger partial charge in [-0.2, -0.15) is 15.8 Å². The lowest BCUT2D eigenvalue weighted by molar-refractivity contribution is 0.242. The molecule has 0 bridgehead atoms. The summed E-state index contributed by atoms with van der Waals surface area (Å²) in [4.78, 5) is 0. The highest BCUT2D eigenvalue weighted by atomic mass is 16.5. The second kappa shape index (κ2) is 7.59. The predicted molar refractivity (Wildman–Crippen MR) is 55.9 cm³/mol. The molecule has 5 nitrogen and oxygen atoms in total. The van der Waals surface area contributed by atoms with Gasteiger partial charge in [-0.25, -0.2) is 0 Å². The summed E-state index contributed by atoms with van der Waals surface area (Å²) in [7, 11) is 0. The topological polar surface area (TPSA) is 104 Å². The molecule has 0 saturated carbocycles. The van der Waals surface area contributed by atoms with Crippen molar-refractivity contribution in [2.24, 2.45) is 0 Å². The fourth-order valence-electron chi connectivity index (χ4n) is 0.762. The van der Waals surface area contributed by atoms with Gasteiger partial charge in [0.25, 0.3) is 0 Å². The largest absolute Gasteiger partial charge is 0.494 e. The number of ether oxygens (including phenoxy) is 1. The Morgan fingerprint density at radius 1 is 1.19 bits per heavy atom. The van der Waals surface area contributed by atoms with Gasteiger partial charge in [-0.15, -0.1) is 0 Å². The highest BCUT2D eigenvalue weighted by Crippen LogP contribution is 2.06. The van der Waals surface area contributed by atoms with E-state index < -0.39 is 0 Å². The summed E-state index contributed by atoms with van der Waals surface area (Å²) in [6.07, 6.45) is 2.45. The van der Waals surface area contributed by atoms with Crippen LogP contribution in [0.2, 0.25) is 0 Å². The lowest BCUT2D eigenvalue weighted by Crippen LogP contribution is -1.91. The van der Waals surface area contributed by atoms with Gasteiger partial charge < -0.3 is 4.74 Å². The maximum atomic E-state index is 8.57. The van der Waals surface area contributed by atoms with E-state index in [1.165, 1.54) is 12.2 Å². The van der Waals surface area contributed by atoms with Gasteiger partial charge in [0.1, 0.15) is 35.1 Å². The molecule has 0 aliphatic carbocycles. The van der Waals surface area contributed by atoms with Gasteiger partial charge in [0.2, 0.25) is 0 Å². The van der Waals surface area contributed by atoms with Crippen molar-refractivity contribution < 1.29 is 4.74 Å². The van der Waals surface area contributed by atoms with Crippen molar-refractivity contribution in [3.8, 4) is 18.2 Å². The molecular weight excluding hydrogens is 204 g/mol. The Kier molecular flexibility index (Phi) is 6.26. The fraction of sp³-hybridized carbons (Fsp3) is 0.182. The van der Waals surface area contributed by atoms with Crippen LogP contribution in [0, 0.1) is 39.4 Å². The second-order valence-electron chi connectivity index (χ2n) is 2.41. The molecule has 0 unspecified atom stereocenters. The van der Waals surface area contributed by atoms with Gasteiger partial charge in [-0.1, -0.05) is 0 Å². The summed E-state index contributed by atoms with van der Waals surface area (Å²) in [5.41, 5.74) is -0.183. The molecule has 78 valence electrons. The smallest absolute Gasteiger partial charge is 0.133 e. The fourth-order valence-corrected chi connectivity index (χ4v) is 0.762. The van der Waals surface area contributed by atoms with Gasteiger partial charge in [-0.05, 0) is 12.8 Å². The van der Waals surface area contributed by atoms with Crippen molar-refractivity contribution in [1.29, 1.82) is 21.2 Å². The molecule has 0 aromatic carbocycles. The molecule has 1 N–H and O–H groups in total. The molecule has 0 aromatic heterocycles. The minimum Gasteiger partial charge on any atom is -0.494 e. The van der Waals surface area contributed by atoms with E-state index in [0.717, 1.165) is 0 Å². The molecule has 0 aliphatic rings. The summed E-state index contributed by atoms with van der Waals surface area (Å²) < 4.78 is 5.10. The highest BCUT2D eigenvalue weighted by Gasteiger charge is 2.00.